The van der Waals surface area contributed by atoms with Gasteiger partial charge in [0.15, 0.2) is 0 Å². The summed E-state index contributed by atoms with van der Waals surface area (Å²) in [6.07, 6.45) is 4.86. The van der Waals surface area contributed by atoms with Crippen LogP contribution in [0.2, 0.25) is 0 Å². The summed E-state index contributed by atoms with van der Waals surface area (Å²) in [7, 11) is -16.7. The second-order valence-electron chi connectivity index (χ2n) is 16.7. The van der Waals surface area contributed by atoms with Crippen molar-refractivity contribution in [3.05, 3.63) is 156 Å². The monoisotopic (exact) mass is 938 g/mol. The SMILES string of the molecule is CCCCCc1ccc(Cc2ccc(CC(CCCC(CC)P3(=O)Oc4ccccc4-c4ccccc43)P3(=O)Oc4ccccc4-c4ccccc43)c(S(=O)(=O)O)c2)cc1S(=O)(=O)O. The van der Waals surface area contributed by atoms with Gasteiger partial charge < -0.3 is 9.05 Å². The standard InChI is InChI=1S/C50H52O10P2S2/c1-3-5-6-16-37-29-27-35(32-49(37)63(53,54)55)31-36-28-30-38(50(33-36)64(56,57)58)34-40(62(52)48-26-14-10-22-44(48)42-20-8-12-24-46(42)60-62)18-15-17-39(4-2)61(51)47-25-13-9-21-43(47)41-19-7-11-23-45(41)59-61/h7-14,19-30,32-33,39-40H,3-6,15-18,31,34H2,1-2H3,(H,53,54,55)(H,56,57,58). The van der Waals surface area contributed by atoms with Crippen LogP contribution in [-0.4, -0.2) is 37.3 Å². The molecule has 10 nitrogen and oxygen atoms in total. The second-order valence-corrected chi connectivity index (χ2v) is 24.7. The van der Waals surface area contributed by atoms with Crippen LogP contribution in [0.1, 0.15) is 81.0 Å². The van der Waals surface area contributed by atoms with Crippen LogP contribution in [0, 0.1) is 0 Å². The maximum Gasteiger partial charge on any atom is 0.294 e. The summed E-state index contributed by atoms with van der Waals surface area (Å²) in [5.41, 5.74) is 3.85. The van der Waals surface area contributed by atoms with Crippen LogP contribution in [0.4, 0.5) is 0 Å². The van der Waals surface area contributed by atoms with Crippen molar-refractivity contribution in [2.24, 2.45) is 0 Å². The highest BCUT2D eigenvalue weighted by Gasteiger charge is 2.45. The summed E-state index contributed by atoms with van der Waals surface area (Å²) in [6, 6.07) is 39.4. The van der Waals surface area contributed by atoms with Gasteiger partial charge in [-0.1, -0.05) is 130 Å². The molecular weight excluding hydrogens is 887 g/mol. The first kappa shape index (κ1) is 45.8. The molecule has 2 N–H and O–H groups in total. The van der Waals surface area contributed by atoms with Crippen molar-refractivity contribution in [3.8, 4) is 33.8 Å². The third-order valence-electron chi connectivity index (χ3n) is 12.5. The van der Waals surface area contributed by atoms with Gasteiger partial charge in [0.05, 0.1) is 31.7 Å². The lowest BCUT2D eigenvalue weighted by Crippen LogP contribution is -2.29. The number of rotatable bonds is 17. The minimum absolute atomic E-state index is 0.0519. The van der Waals surface area contributed by atoms with E-state index >= 15 is 9.13 Å². The maximum absolute atomic E-state index is 15.8. The van der Waals surface area contributed by atoms with E-state index in [0.717, 1.165) is 41.5 Å². The van der Waals surface area contributed by atoms with E-state index < -0.39 is 40.6 Å². The zero-order valence-corrected chi connectivity index (χ0v) is 39.2. The van der Waals surface area contributed by atoms with E-state index in [4.69, 9.17) is 9.05 Å². The van der Waals surface area contributed by atoms with Crippen LogP contribution in [-0.2, 0) is 48.6 Å². The molecule has 4 unspecified atom stereocenters. The molecule has 8 rings (SSSR count). The summed E-state index contributed by atoms with van der Waals surface area (Å²) >= 11 is 0. The molecule has 0 fully saturated rings. The molecule has 334 valence electrons. The van der Waals surface area contributed by atoms with Crippen LogP contribution in [0.15, 0.2) is 143 Å². The summed E-state index contributed by atoms with van der Waals surface area (Å²) in [5, 5.41) is 1.18. The van der Waals surface area contributed by atoms with Crippen molar-refractivity contribution in [1.29, 1.82) is 0 Å². The average Bonchev–Trinajstić information content (AvgIpc) is 3.28. The topological polar surface area (TPSA) is 161 Å². The molecule has 6 aromatic carbocycles. The fourth-order valence-electron chi connectivity index (χ4n) is 9.34. The van der Waals surface area contributed by atoms with Crippen LogP contribution < -0.4 is 19.7 Å². The third kappa shape index (κ3) is 9.19. The summed E-state index contributed by atoms with van der Waals surface area (Å²) < 4.78 is 116. The van der Waals surface area contributed by atoms with Crippen LogP contribution in [0.25, 0.3) is 22.3 Å². The van der Waals surface area contributed by atoms with Crippen molar-refractivity contribution in [2.75, 3.05) is 0 Å². The maximum atomic E-state index is 15.8. The lowest BCUT2D eigenvalue weighted by Gasteiger charge is -2.35. The Morgan fingerprint density at radius 3 is 1.50 bits per heavy atom. The van der Waals surface area contributed by atoms with Gasteiger partial charge in [0.25, 0.3) is 35.0 Å². The number of hydrogen-bond donors (Lipinski definition) is 2. The summed E-state index contributed by atoms with van der Waals surface area (Å²) in [5.74, 6) is 1.01. The van der Waals surface area contributed by atoms with Crippen molar-refractivity contribution >= 4 is 45.6 Å². The number of fused-ring (bicyclic) bond motifs is 6. The second kappa shape index (κ2) is 18.6. The minimum atomic E-state index is -4.84. The predicted octanol–water partition coefficient (Wildman–Crippen LogP) is 11.7. The summed E-state index contributed by atoms with van der Waals surface area (Å²) in [6.45, 7) is 4.03. The highest BCUT2D eigenvalue weighted by Crippen LogP contribution is 2.62. The number of aryl methyl sites for hydroxylation is 1. The molecule has 2 aliphatic heterocycles. The molecule has 4 atom stereocenters. The van der Waals surface area contributed by atoms with Crippen molar-refractivity contribution in [3.63, 3.8) is 0 Å². The Hall–Kier alpha value is -4.80. The first-order chi connectivity index (χ1) is 30.6. The Morgan fingerprint density at radius 1 is 0.531 bits per heavy atom. The van der Waals surface area contributed by atoms with Crippen molar-refractivity contribution < 1.29 is 44.1 Å². The van der Waals surface area contributed by atoms with Gasteiger partial charge in [-0.2, -0.15) is 16.8 Å². The molecule has 0 saturated carbocycles. The first-order valence-electron chi connectivity index (χ1n) is 21.8. The molecule has 2 aliphatic rings. The quantitative estimate of drug-likeness (QED) is 0.0511. The highest BCUT2D eigenvalue weighted by molar-refractivity contribution is 7.86. The molecule has 0 spiro atoms. The number of benzene rings is 6. The van der Waals surface area contributed by atoms with Gasteiger partial charge in [0, 0.05) is 11.1 Å². The van der Waals surface area contributed by atoms with Gasteiger partial charge >= 0.3 is 0 Å². The van der Waals surface area contributed by atoms with Crippen LogP contribution >= 0.6 is 14.7 Å². The fraction of sp³-hybridized carbons (Fsp3) is 0.280. The Morgan fingerprint density at radius 2 is 0.984 bits per heavy atom. The van der Waals surface area contributed by atoms with E-state index in [0.29, 0.717) is 64.5 Å². The highest BCUT2D eigenvalue weighted by atomic mass is 32.2. The number of hydrogen-bond acceptors (Lipinski definition) is 8. The van der Waals surface area contributed by atoms with Gasteiger partial charge in [-0.05, 0) is 115 Å². The van der Waals surface area contributed by atoms with E-state index in [1.165, 1.54) is 12.1 Å². The van der Waals surface area contributed by atoms with Crippen LogP contribution in [0.3, 0.4) is 0 Å². The van der Waals surface area contributed by atoms with Gasteiger partial charge in [0.1, 0.15) is 11.5 Å². The van der Waals surface area contributed by atoms with E-state index in [9.17, 15) is 25.9 Å². The predicted molar refractivity (Wildman–Crippen MR) is 253 cm³/mol. The molecule has 14 heteroatoms. The minimum Gasteiger partial charge on any atom is -0.439 e. The molecule has 0 aliphatic carbocycles. The Kier molecular flexibility index (Phi) is 13.3. The smallest absolute Gasteiger partial charge is 0.294 e. The average molecular weight is 939 g/mol. The van der Waals surface area contributed by atoms with Gasteiger partial charge in [-0.15, -0.1) is 0 Å². The van der Waals surface area contributed by atoms with Gasteiger partial charge in [-0.25, -0.2) is 0 Å². The Balaban J connectivity index is 1.14. The molecule has 0 radical (unpaired) electrons. The van der Waals surface area contributed by atoms with Gasteiger partial charge in [-0.3, -0.25) is 18.2 Å². The molecule has 6 aromatic rings. The zero-order valence-electron chi connectivity index (χ0n) is 35.8. The van der Waals surface area contributed by atoms with Crippen molar-refractivity contribution in [1.82, 2.24) is 0 Å². The molecule has 0 aromatic heterocycles. The van der Waals surface area contributed by atoms with Crippen molar-refractivity contribution in [2.45, 2.75) is 99.2 Å². The molecular formula is C50H52O10P2S2. The molecule has 0 bridgehead atoms. The zero-order chi connectivity index (χ0) is 45.3. The first-order valence-corrected chi connectivity index (χ1v) is 28.1. The van der Waals surface area contributed by atoms with Crippen LogP contribution in [0.5, 0.6) is 11.5 Å². The number of para-hydroxylation sites is 2. The number of unbranched alkanes of at least 4 members (excludes halogenated alkanes) is 2. The Bertz CT molecular complexity index is 3040. The molecule has 64 heavy (non-hydrogen) atoms. The largest absolute Gasteiger partial charge is 0.439 e. The fourth-order valence-corrected chi connectivity index (χ4v) is 16.7. The molecule has 0 saturated heterocycles. The normalized spacial score (nSPS) is 18.6. The van der Waals surface area contributed by atoms with Gasteiger partial charge in [0.2, 0.25) is 0 Å². The van der Waals surface area contributed by atoms with E-state index in [1.54, 1.807) is 42.5 Å². The lowest BCUT2D eigenvalue weighted by molar-refractivity contribution is 0.452. The van der Waals surface area contributed by atoms with E-state index in [-0.39, 0.29) is 40.3 Å². The Labute approximate surface area is 376 Å². The van der Waals surface area contributed by atoms with E-state index in [2.05, 4.69) is 0 Å². The van der Waals surface area contributed by atoms with E-state index in [1.807, 2.05) is 92.7 Å². The molecule has 2 heterocycles. The molecule has 0 amide bonds. The summed E-state index contributed by atoms with van der Waals surface area (Å²) in [4.78, 5) is -0.547. The lowest BCUT2D eigenvalue weighted by atomic mass is 9.98. The third-order valence-corrected chi connectivity index (χ3v) is 20.5.